The average Bonchev–Trinajstić information content (AvgIpc) is 2.71. The van der Waals surface area contributed by atoms with Crippen LogP contribution in [0.1, 0.15) is 41.7 Å². The Kier molecular flexibility index (Phi) is 8.07. The van der Waals surface area contributed by atoms with E-state index in [1.807, 2.05) is 55.6 Å². The Morgan fingerprint density at radius 1 is 1.00 bits per heavy atom. The first-order valence-corrected chi connectivity index (χ1v) is 9.89. The molecule has 0 heterocycles. The van der Waals surface area contributed by atoms with Gasteiger partial charge in [-0.2, -0.15) is 0 Å². The summed E-state index contributed by atoms with van der Waals surface area (Å²) in [4.78, 5) is 36.8. The number of esters is 1. The first kappa shape index (κ1) is 20.7. The molecular formula is C21H23NO4S. The van der Waals surface area contributed by atoms with Crippen LogP contribution in [0.5, 0.6) is 0 Å². The van der Waals surface area contributed by atoms with Gasteiger partial charge in [-0.3, -0.25) is 14.4 Å². The van der Waals surface area contributed by atoms with Gasteiger partial charge in [0.05, 0.1) is 12.5 Å². The third-order valence-corrected chi connectivity index (χ3v) is 4.75. The van der Waals surface area contributed by atoms with Crippen molar-refractivity contribution in [1.29, 1.82) is 0 Å². The number of benzene rings is 2. The van der Waals surface area contributed by atoms with Crippen LogP contribution in [-0.2, 0) is 14.3 Å². The van der Waals surface area contributed by atoms with Gasteiger partial charge >= 0.3 is 5.97 Å². The summed E-state index contributed by atoms with van der Waals surface area (Å²) >= 11 is 1.60. The number of amides is 1. The standard InChI is InChI=1S/C21H23NO4S/c1-15(16-6-4-3-5-7-16)22-20(24)14-26-21(25)13-12-19(23)17-8-10-18(27-2)11-9-17/h3-11,15H,12-14H2,1-2H3,(H,22,24)/t15-/m1/s1. The van der Waals surface area contributed by atoms with E-state index in [-0.39, 0.29) is 37.2 Å². The van der Waals surface area contributed by atoms with Gasteiger partial charge in [-0.15, -0.1) is 11.8 Å². The minimum atomic E-state index is -0.563. The molecule has 0 aromatic heterocycles. The number of Topliss-reactive ketones (excluding diaryl/α,β-unsaturated/α-hetero) is 1. The number of thioether (sulfide) groups is 1. The minimum absolute atomic E-state index is 0.0510. The highest BCUT2D eigenvalue weighted by atomic mass is 32.2. The topological polar surface area (TPSA) is 72.5 Å². The maximum atomic E-state index is 12.1. The molecule has 0 unspecified atom stereocenters. The van der Waals surface area contributed by atoms with E-state index in [2.05, 4.69) is 5.32 Å². The summed E-state index contributed by atoms with van der Waals surface area (Å²) in [6.45, 7) is 1.50. The molecular weight excluding hydrogens is 362 g/mol. The molecule has 0 saturated carbocycles. The Morgan fingerprint density at radius 3 is 2.30 bits per heavy atom. The number of rotatable bonds is 9. The largest absolute Gasteiger partial charge is 0.456 e. The molecule has 2 aromatic rings. The minimum Gasteiger partial charge on any atom is -0.456 e. The van der Waals surface area contributed by atoms with E-state index in [4.69, 9.17) is 4.74 Å². The predicted octanol–water partition coefficient (Wildman–Crippen LogP) is 3.79. The second-order valence-corrected chi connectivity index (χ2v) is 6.89. The van der Waals surface area contributed by atoms with Crippen molar-refractivity contribution < 1.29 is 19.1 Å². The maximum Gasteiger partial charge on any atom is 0.306 e. The number of carbonyl (C=O) groups is 3. The van der Waals surface area contributed by atoms with Crippen LogP contribution in [0.25, 0.3) is 0 Å². The number of nitrogens with one attached hydrogen (secondary N) is 1. The summed E-state index contributed by atoms with van der Waals surface area (Å²) in [5.74, 6) is -1.06. The molecule has 0 aliphatic carbocycles. The Hall–Kier alpha value is -2.60. The lowest BCUT2D eigenvalue weighted by Gasteiger charge is -2.14. The van der Waals surface area contributed by atoms with Crippen molar-refractivity contribution in [3.63, 3.8) is 0 Å². The third-order valence-electron chi connectivity index (χ3n) is 4.01. The molecule has 0 fully saturated rings. The van der Waals surface area contributed by atoms with Gasteiger partial charge in [-0.25, -0.2) is 0 Å². The van der Waals surface area contributed by atoms with Crippen LogP contribution in [0.4, 0.5) is 0 Å². The number of ketones is 1. The average molecular weight is 385 g/mol. The lowest BCUT2D eigenvalue weighted by Crippen LogP contribution is -2.31. The second-order valence-electron chi connectivity index (χ2n) is 6.01. The molecule has 0 bridgehead atoms. The summed E-state index contributed by atoms with van der Waals surface area (Å²) in [7, 11) is 0. The Labute approximate surface area is 163 Å². The van der Waals surface area contributed by atoms with Gasteiger partial charge < -0.3 is 10.1 Å². The summed E-state index contributed by atoms with van der Waals surface area (Å²) in [6, 6.07) is 16.6. The van der Waals surface area contributed by atoms with E-state index in [1.54, 1.807) is 23.9 Å². The van der Waals surface area contributed by atoms with Crippen LogP contribution < -0.4 is 5.32 Å². The molecule has 1 N–H and O–H groups in total. The van der Waals surface area contributed by atoms with Crippen molar-refractivity contribution in [2.45, 2.75) is 30.7 Å². The Bertz CT molecular complexity index is 775. The van der Waals surface area contributed by atoms with Gasteiger partial charge in [0.25, 0.3) is 5.91 Å². The molecule has 2 rings (SSSR count). The van der Waals surface area contributed by atoms with E-state index in [0.717, 1.165) is 10.5 Å². The van der Waals surface area contributed by atoms with Gasteiger partial charge in [0.2, 0.25) is 0 Å². The Morgan fingerprint density at radius 2 is 1.67 bits per heavy atom. The fraction of sp³-hybridized carbons (Fsp3) is 0.286. The summed E-state index contributed by atoms with van der Waals surface area (Å²) in [5.41, 5.74) is 1.53. The predicted molar refractivity (Wildman–Crippen MR) is 106 cm³/mol. The molecule has 6 heteroatoms. The fourth-order valence-electron chi connectivity index (χ4n) is 2.46. The summed E-state index contributed by atoms with van der Waals surface area (Å²) in [5, 5.41) is 2.77. The zero-order valence-corrected chi connectivity index (χ0v) is 16.3. The van der Waals surface area contributed by atoms with Crippen LogP contribution in [0, 0.1) is 0 Å². The number of hydrogen-bond donors (Lipinski definition) is 1. The number of hydrogen-bond acceptors (Lipinski definition) is 5. The molecule has 0 spiro atoms. The SMILES string of the molecule is CSc1ccc(C(=O)CCC(=O)OCC(=O)N[C@H](C)c2ccccc2)cc1. The first-order valence-electron chi connectivity index (χ1n) is 8.66. The van der Waals surface area contributed by atoms with E-state index >= 15 is 0 Å². The van der Waals surface area contributed by atoms with Crippen molar-refractivity contribution in [1.82, 2.24) is 5.32 Å². The van der Waals surface area contributed by atoms with Crippen molar-refractivity contribution >= 4 is 29.4 Å². The van der Waals surface area contributed by atoms with Crippen molar-refractivity contribution in [3.05, 3.63) is 65.7 Å². The van der Waals surface area contributed by atoms with Gasteiger partial charge in [-0.05, 0) is 30.9 Å². The zero-order valence-electron chi connectivity index (χ0n) is 15.4. The lowest BCUT2D eigenvalue weighted by molar-refractivity contribution is -0.148. The molecule has 1 atom stereocenters. The van der Waals surface area contributed by atoms with E-state index in [1.165, 1.54) is 0 Å². The third kappa shape index (κ3) is 6.90. The summed E-state index contributed by atoms with van der Waals surface area (Å²) in [6.07, 6.45) is 1.97. The highest BCUT2D eigenvalue weighted by Crippen LogP contribution is 2.16. The molecule has 142 valence electrons. The van der Waals surface area contributed by atoms with Crippen LogP contribution in [0.15, 0.2) is 59.5 Å². The monoisotopic (exact) mass is 385 g/mol. The molecule has 5 nitrogen and oxygen atoms in total. The van der Waals surface area contributed by atoms with E-state index in [9.17, 15) is 14.4 Å². The molecule has 0 aliphatic rings. The number of carbonyl (C=O) groups excluding carboxylic acids is 3. The molecule has 0 saturated heterocycles. The van der Waals surface area contributed by atoms with E-state index < -0.39 is 5.97 Å². The van der Waals surface area contributed by atoms with Crippen molar-refractivity contribution in [3.8, 4) is 0 Å². The maximum absolute atomic E-state index is 12.1. The summed E-state index contributed by atoms with van der Waals surface area (Å²) < 4.78 is 4.96. The Balaban J connectivity index is 1.70. The second kappa shape index (κ2) is 10.5. The molecule has 2 aromatic carbocycles. The van der Waals surface area contributed by atoms with Crippen molar-refractivity contribution in [2.75, 3.05) is 12.9 Å². The zero-order chi connectivity index (χ0) is 19.6. The smallest absolute Gasteiger partial charge is 0.306 e. The van der Waals surface area contributed by atoms with Crippen LogP contribution in [0.3, 0.4) is 0 Å². The van der Waals surface area contributed by atoms with Crippen LogP contribution in [0.2, 0.25) is 0 Å². The lowest BCUT2D eigenvalue weighted by atomic mass is 10.1. The normalized spacial score (nSPS) is 11.5. The highest BCUT2D eigenvalue weighted by molar-refractivity contribution is 7.98. The van der Waals surface area contributed by atoms with Gasteiger partial charge in [0, 0.05) is 16.9 Å². The quantitative estimate of drug-likeness (QED) is 0.404. The molecule has 0 aliphatic heterocycles. The highest BCUT2D eigenvalue weighted by Gasteiger charge is 2.14. The van der Waals surface area contributed by atoms with Crippen LogP contribution in [-0.4, -0.2) is 30.5 Å². The molecule has 0 radical (unpaired) electrons. The van der Waals surface area contributed by atoms with Gasteiger partial charge in [0.1, 0.15) is 0 Å². The van der Waals surface area contributed by atoms with E-state index in [0.29, 0.717) is 5.56 Å². The van der Waals surface area contributed by atoms with Crippen LogP contribution >= 0.6 is 11.8 Å². The number of ether oxygens (including phenoxy) is 1. The van der Waals surface area contributed by atoms with Gasteiger partial charge in [-0.1, -0.05) is 42.5 Å². The fourth-order valence-corrected chi connectivity index (χ4v) is 2.87. The molecule has 27 heavy (non-hydrogen) atoms. The van der Waals surface area contributed by atoms with Crippen molar-refractivity contribution in [2.24, 2.45) is 0 Å². The van der Waals surface area contributed by atoms with Gasteiger partial charge in [0.15, 0.2) is 12.4 Å². The first-order chi connectivity index (χ1) is 13.0. The molecule has 1 amide bonds.